The minimum Gasteiger partial charge on any atom is -0.481 e. The molecule has 0 aliphatic heterocycles. The van der Waals surface area contributed by atoms with Gasteiger partial charge in [-0.1, -0.05) is 35.4 Å². The summed E-state index contributed by atoms with van der Waals surface area (Å²) in [6.07, 6.45) is -0.675. The summed E-state index contributed by atoms with van der Waals surface area (Å²) in [5.41, 5.74) is 2.09. The Kier molecular flexibility index (Phi) is 6.76. The molecule has 0 saturated heterocycles. The van der Waals surface area contributed by atoms with Gasteiger partial charge in [-0.15, -0.1) is 0 Å². The van der Waals surface area contributed by atoms with E-state index in [2.05, 4.69) is 10.0 Å². The largest absolute Gasteiger partial charge is 0.481 e. The Labute approximate surface area is 154 Å². The van der Waals surface area contributed by atoms with Gasteiger partial charge in [0, 0.05) is 13.1 Å². The molecule has 1 atom stereocenters. The number of benzene rings is 2. The summed E-state index contributed by atoms with van der Waals surface area (Å²) in [6.45, 7) is 5.77. The SMILES string of the molecule is Cc1ccc(OC(C)C(=O)NCCNS(=O)(=O)c2ccc(C)cc2)cc1. The Bertz CT molecular complexity index is 831. The molecule has 0 radical (unpaired) electrons. The zero-order valence-electron chi connectivity index (χ0n) is 15.2. The van der Waals surface area contributed by atoms with E-state index < -0.39 is 16.1 Å². The molecule has 26 heavy (non-hydrogen) atoms. The van der Waals surface area contributed by atoms with E-state index in [9.17, 15) is 13.2 Å². The molecule has 6 nitrogen and oxygen atoms in total. The van der Waals surface area contributed by atoms with Gasteiger partial charge in [-0.3, -0.25) is 4.79 Å². The fourth-order valence-electron chi connectivity index (χ4n) is 2.19. The van der Waals surface area contributed by atoms with Crippen LogP contribution in [0.2, 0.25) is 0 Å². The van der Waals surface area contributed by atoms with Crippen molar-refractivity contribution in [1.82, 2.24) is 10.0 Å². The standard InChI is InChI=1S/C19H24N2O4S/c1-14-4-8-17(9-5-14)25-16(3)19(22)20-12-13-21-26(23,24)18-10-6-15(2)7-11-18/h4-11,16,21H,12-13H2,1-3H3,(H,20,22). The summed E-state index contributed by atoms with van der Waals surface area (Å²) < 4.78 is 32.3. The number of sulfonamides is 1. The minimum atomic E-state index is -3.58. The molecule has 0 aliphatic rings. The maximum Gasteiger partial charge on any atom is 0.260 e. The monoisotopic (exact) mass is 376 g/mol. The first-order chi connectivity index (χ1) is 12.3. The third kappa shape index (κ3) is 5.86. The van der Waals surface area contributed by atoms with E-state index in [0.29, 0.717) is 5.75 Å². The minimum absolute atomic E-state index is 0.0964. The molecule has 0 saturated carbocycles. The van der Waals surface area contributed by atoms with Crippen molar-refractivity contribution in [2.24, 2.45) is 0 Å². The fraction of sp³-hybridized carbons (Fsp3) is 0.316. The maximum absolute atomic E-state index is 12.1. The molecular weight excluding hydrogens is 352 g/mol. The van der Waals surface area contributed by atoms with Crippen molar-refractivity contribution >= 4 is 15.9 Å². The van der Waals surface area contributed by atoms with Crippen molar-refractivity contribution in [3.05, 3.63) is 59.7 Å². The van der Waals surface area contributed by atoms with Crippen LogP contribution in [0.25, 0.3) is 0 Å². The topological polar surface area (TPSA) is 84.5 Å². The molecule has 0 spiro atoms. The van der Waals surface area contributed by atoms with E-state index in [4.69, 9.17) is 4.74 Å². The van der Waals surface area contributed by atoms with Crippen molar-refractivity contribution in [3.63, 3.8) is 0 Å². The first kappa shape index (κ1) is 19.9. The predicted molar refractivity (Wildman–Crippen MR) is 101 cm³/mol. The molecule has 0 fully saturated rings. The van der Waals surface area contributed by atoms with Gasteiger partial charge in [0.15, 0.2) is 6.10 Å². The third-order valence-corrected chi connectivity index (χ3v) is 5.23. The van der Waals surface area contributed by atoms with Crippen LogP contribution in [-0.4, -0.2) is 33.5 Å². The van der Waals surface area contributed by atoms with E-state index in [0.717, 1.165) is 11.1 Å². The maximum atomic E-state index is 12.1. The lowest BCUT2D eigenvalue weighted by atomic mass is 10.2. The molecule has 2 aromatic carbocycles. The van der Waals surface area contributed by atoms with Gasteiger partial charge in [0.1, 0.15) is 5.75 Å². The van der Waals surface area contributed by atoms with E-state index in [-0.39, 0.29) is 23.9 Å². The second-order valence-corrected chi connectivity index (χ2v) is 7.84. The molecule has 2 rings (SSSR count). The molecule has 7 heteroatoms. The summed E-state index contributed by atoms with van der Waals surface area (Å²) in [6, 6.07) is 14.0. The van der Waals surface area contributed by atoms with Crippen LogP contribution in [0.1, 0.15) is 18.1 Å². The molecule has 140 valence electrons. The van der Waals surface area contributed by atoms with Crippen molar-refractivity contribution in [2.45, 2.75) is 31.8 Å². The Morgan fingerprint density at radius 2 is 1.50 bits per heavy atom. The van der Waals surface area contributed by atoms with Crippen molar-refractivity contribution < 1.29 is 17.9 Å². The Morgan fingerprint density at radius 1 is 0.962 bits per heavy atom. The number of carbonyl (C=O) groups excluding carboxylic acids is 1. The zero-order valence-corrected chi connectivity index (χ0v) is 16.0. The highest BCUT2D eigenvalue weighted by Crippen LogP contribution is 2.13. The Morgan fingerprint density at radius 3 is 2.08 bits per heavy atom. The van der Waals surface area contributed by atoms with Crippen LogP contribution >= 0.6 is 0 Å². The van der Waals surface area contributed by atoms with Gasteiger partial charge in [0.05, 0.1) is 4.90 Å². The van der Waals surface area contributed by atoms with Crippen LogP contribution in [-0.2, 0) is 14.8 Å². The van der Waals surface area contributed by atoms with Gasteiger partial charge < -0.3 is 10.1 Å². The number of hydrogen-bond acceptors (Lipinski definition) is 4. The average Bonchev–Trinajstić information content (AvgIpc) is 2.61. The molecule has 1 unspecified atom stereocenters. The van der Waals surface area contributed by atoms with Gasteiger partial charge in [-0.25, -0.2) is 13.1 Å². The van der Waals surface area contributed by atoms with E-state index in [1.807, 2.05) is 26.0 Å². The summed E-state index contributed by atoms with van der Waals surface area (Å²) in [7, 11) is -3.58. The van der Waals surface area contributed by atoms with Crippen molar-refractivity contribution in [1.29, 1.82) is 0 Å². The molecule has 0 aromatic heterocycles. The average molecular weight is 376 g/mol. The number of rotatable bonds is 8. The highest BCUT2D eigenvalue weighted by Gasteiger charge is 2.16. The lowest BCUT2D eigenvalue weighted by Gasteiger charge is -2.15. The number of carbonyl (C=O) groups is 1. The number of ether oxygens (including phenoxy) is 1. The van der Waals surface area contributed by atoms with Crippen LogP contribution < -0.4 is 14.8 Å². The number of nitrogens with one attached hydrogen (secondary N) is 2. The Hall–Kier alpha value is -2.38. The van der Waals surface area contributed by atoms with Crippen LogP contribution in [0, 0.1) is 13.8 Å². The quantitative estimate of drug-likeness (QED) is 0.692. The van der Waals surface area contributed by atoms with E-state index in [1.54, 1.807) is 43.3 Å². The van der Waals surface area contributed by atoms with Gasteiger partial charge in [-0.05, 0) is 45.0 Å². The molecule has 0 bridgehead atoms. The molecule has 1 amide bonds. The summed E-state index contributed by atoms with van der Waals surface area (Å²) in [4.78, 5) is 12.2. The summed E-state index contributed by atoms with van der Waals surface area (Å²) >= 11 is 0. The van der Waals surface area contributed by atoms with Crippen molar-refractivity contribution in [2.75, 3.05) is 13.1 Å². The van der Waals surface area contributed by atoms with Crippen molar-refractivity contribution in [3.8, 4) is 5.75 Å². The molecule has 0 aliphatic carbocycles. The van der Waals surface area contributed by atoms with Gasteiger partial charge in [0.25, 0.3) is 5.91 Å². The van der Waals surface area contributed by atoms with Gasteiger partial charge >= 0.3 is 0 Å². The van der Waals surface area contributed by atoms with E-state index in [1.165, 1.54) is 0 Å². The molecular formula is C19H24N2O4S. The lowest BCUT2D eigenvalue weighted by Crippen LogP contribution is -2.40. The smallest absolute Gasteiger partial charge is 0.260 e. The number of amides is 1. The number of hydrogen-bond donors (Lipinski definition) is 2. The second-order valence-electron chi connectivity index (χ2n) is 6.07. The normalized spacial score (nSPS) is 12.4. The third-order valence-electron chi connectivity index (χ3n) is 3.75. The van der Waals surface area contributed by atoms with Gasteiger partial charge in [0.2, 0.25) is 10.0 Å². The van der Waals surface area contributed by atoms with Crippen LogP contribution in [0.5, 0.6) is 5.75 Å². The number of aryl methyl sites for hydroxylation is 2. The zero-order chi connectivity index (χ0) is 19.2. The Balaban J connectivity index is 1.77. The van der Waals surface area contributed by atoms with Crippen LogP contribution in [0.4, 0.5) is 0 Å². The highest BCUT2D eigenvalue weighted by atomic mass is 32.2. The first-order valence-corrected chi connectivity index (χ1v) is 9.83. The second kappa shape index (κ2) is 8.82. The summed E-state index contributed by atoms with van der Waals surface area (Å²) in [5, 5.41) is 2.66. The van der Waals surface area contributed by atoms with E-state index >= 15 is 0 Å². The van der Waals surface area contributed by atoms with Crippen LogP contribution in [0.15, 0.2) is 53.4 Å². The molecule has 0 heterocycles. The highest BCUT2D eigenvalue weighted by molar-refractivity contribution is 7.89. The fourth-order valence-corrected chi connectivity index (χ4v) is 3.22. The molecule has 2 aromatic rings. The van der Waals surface area contributed by atoms with Crippen LogP contribution in [0.3, 0.4) is 0 Å². The molecule has 2 N–H and O–H groups in total. The lowest BCUT2D eigenvalue weighted by molar-refractivity contribution is -0.127. The summed E-state index contributed by atoms with van der Waals surface area (Å²) in [5.74, 6) is 0.304. The predicted octanol–water partition coefficient (Wildman–Crippen LogP) is 2.17. The first-order valence-electron chi connectivity index (χ1n) is 8.35. The van der Waals surface area contributed by atoms with Gasteiger partial charge in [-0.2, -0.15) is 0 Å².